The van der Waals surface area contributed by atoms with Crippen molar-refractivity contribution in [1.82, 2.24) is 10.2 Å². The molecule has 24 heavy (non-hydrogen) atoms. The van der Waals surface area contributed by atoms with Crippen molar-refractivity contribution in [3.8, 4) is 5.75 Å². The molecule has 1 unspecified atom stereocenters. The predicted molar refractivity (Wildman–Crippen MR) is 93.8 cm³/mol. The Hall–Kier alpha value is -2.04. The summed E-state index contributed by atoms with van der Waals surface area (Å²) in [6.45, 7) is 5.20. The molecule has 1 atom stereocenters. The molecule has 5 nitrogen and oxygen atoms in total. The lowest BCUT2D eigenvalue weighted by molar-refractivity contribution is -0.132. The van der Waals surface area contributed by atoms with Gasteiger partial charge in [0.15, 0.2) is 0 Å². The molecule has 1 N–H and O–H groups in total. The molecule has 0 aromatic heterocycles. The van der Waals surface area contributed by atoms with Gasteiger partial charge in [0, 0.05) is 20.0 Å². The summed E-state index contributed by atoms with van der Waals surface area (Å²) in [4.78, 5) is 26.2. The second kappa shape index (κ2) is 8.71. The SMILES string of the molecule is CCCN(CC1CC1)C(=O)CC(NC(C)=O)c1ccc(OC)cc1. The van der Waals surface area contributed by atoms with Crippen molar-refractivity contribution in [2.45, 2.75) is 45.6 Å². The topological polar surface area (TPSA) is 58.6 Å². The molecule has 2 amide bonds. The summed E-state index contributed by atoms with van der Waals surface area (Å²) < 4.78 is 5.17. The molecule has 1 saturated carbocycles. The van der Waals surface area contributed by atoms with Gasteiger partial charge in [-0.15, -0.1) is 0 Å². The zero-order valence-corrected chi connectivity index (χ0v) is 14.9. The Balaban J connectivity index is 2.07. The lowest BCUT2D eigenvalue weighted by Crippen LogP contribution is -2.37. The molecule has 0 heterocycles. The number of benzene rings is 1. The monoisotopic (exact) mass is 332 g/mol. The highest BCUT2D eigenvalue weighted by Gasteiger charge is 2.28. The van der Waals surface area contributed by atoms with E-state index in [9.17, 15) is 9.59 Å². The molecule has 1 aromatic rings. The van der Waals surface area contributed by atoms with Crippen LogP contribution in [0.15, 0.2) is 24.3 Å². The minimum atomic E-state index is -0.306. The highest BCUT2D eigenvalue weighted by atomic mass is 16.5. The highest BCUT2D eigenvalue weighted by molar-refractivity contribution is 5.79. The number of methoxy groups -OCH3 is 1. The van der Waals surface area contributed by atoms with E-state index in [1.807, 2.05) is 29.2 Å². The molecule has 2 rings (SSSR count). The molecule has 0 spiro atoms. The van der Waals surface area contributed by atoms with E-state index in [2.05, 4.69) is 12.2 Å². The number of rotatable bonds is 9. The number of hydrogen-bond donors (Lipinski definition) is 1. The van der Waals surface area contributed by atoms with Crippen molar-refractivity contribution >= 4 is 11.8 Å². The van der Waals surface area contributed by atoms with E-state index >= 15 is 0 Å². The van der Waals surface area contributed by atoms with Gasteiger partial charge in [-0.1, -0.05) is 19.1 Å². The van der Waals surface area contributed by atoms with Gasteiger partial charge in [0.2, 0.25) is 11.8 Å². The number of carbonyl (C=O) groups is 2. The molecule has 0 radical (unpaired) electrons. The van der Waals surface area contributed by atoms with Crippen LogP contribution < -0.4 is 10.1 Å². The number of amides is 2. The third-order valence-electron chi connectivity index (χ3n) is 4.30. The van der Waals surface area contributed by atoms with Crippen molar-refractivity contribution in [3.63, 3.8) is 0 Å². The number of nitrogens with zero attached hydrogens (tertiary/aromatic N) is 1. The maximum Gasteiger partial charge on any atom is 0.224 e. The minimum absolute atomic E-state index is 0.110. The molecule has 1 aliphatic rings. The van der Waals surface area contributed by atoms with Gasteiger partial charge in [-0.3, -0.25) is 9.59 Å². The van der Waals surface area contributed by atoms with Crippen molar-refractivity contribution in [3.05, 3.63) is 29.8 Å². The summed E-state index contributed by atoms with van der Waals surface area (Å²) in [5.41, 5.74) is 0.919. The lowest BCUT2D eigenvalue weighted by atomic mass is 10.0. The summed E-state index contributed by atoms with van der Waals surface area (Å²) in [6, 6.07) is 7.19. The zero-order valence-electron chi connectivity index (χ0n) is 14.9. The molecule has 0 aliphatic heterocycles. The van der Waals surface area contributed by atoms with E-state index < -0.39 is 0 Å². The van der Waals surface area contributed by atoms with Crippen LogP contribution >= 0.6 is 0 Å². The summed E-state index contributed by atoms with van der Waals surface area (Å²) in [5.74, 6) is 1.40. The van der Waals surface area contributed by atoms with Crippen LogP contribution in [0.25, 0.3) is 0 Å². The van der Waals surface area contributed by atoms with Gasteiger partial charge in [0.05, 0.1) is 19.6 Å². The van der Waals surface area contributed by atoms with Gasteiger partial charge >= 0.3 is 0 Å². The Kier molecular flexibility index (Phi) is 6.64. The molecule has 0 bridgehead atoms. The molecule has 1 aliphatic carbocycles. The van der Waals surface area contributed by atoms with Crippen molar-refractivity contribution in [2.24, 2.45) is 5.92 Å². The van der Waals surface area contributed by atoms with Crippen LogP contribution in [0, 0.1) is 5.92 Å². The normalized spacial score (nSPS) is 14.8. The first kappa shape index (κ1) is 18.3. The third-order valence-corrected chi connectivity index (χ3v) is 4.30. The van der Waals surface area contributed by atoms with Gasteiger partial charge in [0.25, 0.3) is 0 Å². The van der Waals surface area contributed by atoms with Gasteiger partial charge in [-0.25, -0.2) is 0 Å². The quantitative estimate of drug-likeness (QED) is 0.756. The molecular weight excluding hydrogens is 304 g/mol. The maximum atomic E-state index is 12.7. The average molecular weight is 332 g/mol. The zero-order chi connectivity index (χ0) is 17.5. The van der Waals surface area contributed by atoms with E-state index in [1.165, 1.54) is 19.8 Å². The first-order valence-corrected chi connectivity index (χ1v) is 8.72. The fraction of sp³-hybridized carbons (Fsp3) is 0.579. The van der Waals surface area contributed by atoms with Gasteiger partial charge in [0.1, 0.15) is 5.75 Å². The largest absolute Gasteiger partial charge is 0.497 e. The number of hydrogen-bond acceptors (Lipinski definition) is 3. The Labute approximate surface area is 144 Å². The van der Waals surface area contributed by atoms with Crippen LogP contribution in [-0.4, -0.2) is 36.9 Å². The predicted octanol–water partition coefficient (Wildman–Crippen LogP) is 2.91. The van der Waals surface area contributed by atoms with Crippen LogP contribution in [0.4, 0.5) is 0 Å². The smallest absolute Gasteiger partial charge is 0.224 e. The average Bonchev–Trinajstić information content (AvgIpc) is 3.37. The van der Waals surface area contributed by atoms with Crippen LogP contribution in [-0.2, 0) is 9.59 Å². The molecular formula is C19H28N2O3. The molecule has 0 saturated heterocycles. The summed E-state index contributed by atoms with van der Waals surface area (Å²) in [5, 5.41) is 2.90. The van der Waals surface area contributed by atoms with E-state index in [-0.39, 0.29) is 17.9 Å². The Morgan fingerprint density at radius 1 is 1.29 bits per heavy atom. The lowest BCUT2D eigenvalue weighted by Gasteiger charge is -2.25. The van der Waals surface area contributed by atoms with Crippen LogP contribution in [0.5, 0.6) is 5.75 Å². The van der Waals surface area contributed by atoms with Gasteiger partial charge in [-0.2, -0.15) is 0 Å². The molecule has 1 aromatic carbocycles. The van der Waals surface area contributed by atoms with E-state index in [4.69, 9.17) is 4.74 Å². The standard InChI is InChI=1S/C19H28N2O3/c1-4-11-21(13-15-5-6-15)19(23)12-18(20-14(2)22)16-7-9-17(24-3)10-8-16/h7-10,15,18H,4-6,11-13H2,1-3H3,(H,20,22). The van der Waals surface area contributed by atoms with Crippen LogP contribution in [0.1, 0.15) is 51.1 Å². The molecule has 5 heteroatoms. The second-order valence-corrected chi connectivity index (χ2v) is 6.51. The molecule has 132 valence electrons. The third kappa shape index (κ3) is 5.55. The van der Waals surface area contributed by atoms with E-state index in [1.54, 1.807) is 7.11 Å². The summed E-state index contributed by atoms with van der Waals surface area (Å²) in [7, 11) is 1.62. The van der Waals surface area contributed by atoms with E-state index in [0.29, 0.717) is 12.3 Å². The number of ether oxygens (including phenoxy) is 1. The fourth-order valence-corrected chi connectivity index (χ4v) is 2.84. The first-order chi connectivity index (χ1) is 11.5. The second-order valence-electron chi connectivity index (χ2n) is 6.51. The van der Waals surface area contributed by atoms with Crippen LogP contribution in [0.2, 0.25) is 0 Å². The molecule has 1 fully saturated rings. The Morgan fingerprint density at radius 3 is 2.46 bits per heavy atom. The Bertz CT molecular complexity index is 552. The van der Waals surface area contributed by atoms with Gasteiger partial charge < -0.3 is 15.0 Å². The number of nitrogens with one attached hydrogen (secondary N) is 1. The highest BCUT2D eigenvalue weighted by Crippen LogP contribution is 2.30. The maximum absolute atomic E-state index is 12.7. The number of carbonyl (C=O) groups excluding carboxylic acids is 2. The fourth-order valence-electron chi connectivity index (χ4n) is 2.84. The van der Waals surface area contributed by atoms with E-state index in [0.717, 1.165) is 30.8 Å². The minimum Gasteiger partial charge on any atom is -0.497 e. The van der Waals surface area contributed by atoms with Crippen molar-refractivity contribution in [2.75, 3.05) is 20.2 Å². The first-order valence-electron chi connectivity index (χ1n) is 8.72. The summed E-state index contributed by atoms with van der Waals surface area (Å²) >= 11 is 0. The van der Waals surface area contributed by atoms with Crippen molar-refractivity contribution < 1.29 is 14.3 Å². The van der Waals surface area contributed by atoms with Crippen LogP contribution in [0.3, 0.4) is 0 Å². The van der Waals surface area contributed by atoms with Gasteiger partial charge in [-0.05, 0) is 42.9 Å². The summed E-state index contributed by atoms with van der Waals surface area (Å²) in [6.07, 6.45) is 3.69. The van der Waals surface area contributed by atoms with Crippen molar-refractivity contribution in [1.29, 1.82) is 0 Å². The Morgan fingerprint density at radius 2 is 1.96 bits per heavy atom.